The van der Waals surface area contributed by atoms with Crippen molar-refractivity contribution in [2.75, 3.05) is 0 Å². The molecule has 0 spiro atoms. The first kappa shape index (κ1) is 15.4. The molecule has 1 N–H and O–H groups in total. The first-order valence-electron chi connectivity index (χ1n) is 5.40. The number of hydrogen-bond donors (Lipinski definition) is 1. The minimum absolute atomic E-state index is 0.821. The number of ketones is 1. The lowest BCUT2D eigenvalue weighted by atomic mass is 9.75. The van der Waals surface area contributed by atoms with Gasteiger partial charge in [0.2, 0.25) is 5.79 Å². The largest absolute Gasteiger partial charge is 0.360 e. The third-order valence-corrected chi connectivity index (χ3v) is 3.53. The molecule has 0 aliphatic carbocycles. The van der Waals surface area contributed by atoms with E-state index in [4.69, 9.17) is 4.74 Å². The van der Waals surface area contributed by atoms with Crippen molar-refractivity contribution in [2.45, 2.75) is 57.9 Å². The smallest absolute Gasteiger partial charge is 0.360 e. The number of hydrogen-bond acceptors (Lipinski definition) is 3. The van der Waals surface area contributed by atoms with Crippen LogP contribution < -0.4 is 0 Å². The summed E-state index contributed by atoms with van der Waals surface area (Å²) in [5, 5.41) is 9.59. The predicted octanol–water partition coefficient (Wildman–Crippen LogP) is 2.37. The summed E-state index contributed by atoms with van der Waals surface area (Å²) < 4.78 is 55.8. The summed E-state index contributed by atoms with van der Waals surface area (Å²) in [4.78, 5) is 11.8. The zero-order valence-electron chi connectivity index (χ0n) is 10.6. The normalized spacial score (nSPS) is 34.4. The van der Waals surface area contributed by atoms with Crippen molar-refractivity contribution in [3.05, 3.63) is 0 Å². The van der Waals surface area contributed by atoms with Crippen LogP contribution in [-0.2, 0) is 9.53 Å². The lowest BCUT2D eigenvalue weighted by Crippen LogP contribution is -2.55. The van der Waals surface area contributed by atoms with Gasteiger partial charge in [0, 0.05) is 0 Å². The van der Waals surface area contributed by atoms with Crippen LogP contribution >= 0.6 is 0 Å². The van der Waals surface area contributed by atoms with Gasteiger partial charge in [-0.15, -0.1) is 0 Å². The van der Waals surface area contributed by atoms with E-state index in [9.17, 15) is 27.5 Å². The molecule has 7 heteroatoms. The fraction of sp³-hybridized carbons (Fsp3) is 0.909. The third-order valence-electron chi connectivity index (χ3n) is 3.53. The molecule has 1 rings (SSSR count). The lowest BCUT2D eigenvalue weighted by Gasteiger charge is -2.39. The molecule has 0 bridgehead atoms. The van der Waals surface area contributed by atoms with E-state index in [0.29, 0.717) is 0 Å². The number of carbonyl (C=O) groups excluding carboxylic acids is 1. The molecule has 1 saturated heterocycles. The van der Waals surface area contributed by atoms with Gasteiger partial charge in [-0.3, -0.25) is 4.79 Å². The monoisotopic (exact) mass is 272 g/mol. The van der Waals surface area contributed by atoms with Crippen molar-refractivity contribution >= 4 is 5.78 Å². The first-order valence-corrected chi connectivity index (χ1v) is 5.40. The van der Waals surface area contributed by atoms with Crippen LogP contribution in [0.15, 0.2) is 0 Å². The second-order valence-electron chi connectivity index (χ2n) is 5.69. The van der Waals surface area contributed by atoms with Crippen LogP contribution in [0, 0.1) is 5.41 Å². The number of halogens is 4. The highest BCUT2D eigenvalue weighted by Gasteiger charge is 2.70. The van der Waals surface area contributed by atoms with E-state index in [0.717, 1.165) is 0 Å². The third kappa shape index (κ3) is 1.93. The molecule has 1 fully saturated rings. The van der Waals surface area contributed by atoms with Gasteiger partial charge in [-0.1, -0.05) is 20.8 Å². The highest BCUT2D eigenvalue weighted by molar-refractivity contribution is 5.90. The Hall–Kier alpha value is -0.690. The molecule has 0 aromatic carbocycles. The number of carbonyl (C=O) groups is 1. The van der Waals surface area contributed by atoms with Crippen molar-refractivity contribution in [2.24, 2.45) is 5.41 Å². The van der Waals surface area contributed by atoms with E-state index in [2.05, 4.69) is 0 Å². The topological polar surface area (TPSA) is 46.5 Å². The van der Waals surface area contributed by atoms with E-state index in [1.165, 1.54) is 27.7 Å². The molecule has 106 valence electrons. The Balaban J connectivity index is 3.18. The molecule has 18 heavy (non-hydrogen) atoms. The van der Waals surface area contributed by atoms with E-state index in [1.807, 2.05) is 0 Å². The summed E-state index contributed by atoms with van der Waals surface area (Å²) in [5.41, 5.74) is -2.65. The summed E-state index contributed by atoms with van der Waals surface area (Å²) in [6.45, 7) is 5.83. The molecular formula is C11H16F4O3. The van der Waals surface area contributed by atoms with E-state index in [1.54, 1.807) is 0 Å². The SMILES string of the molecule is CC(C)(C)[C@@]1(C)O[C@](O)(C(F)(F)C(F)F)CC1=O. The first-order chi connectivity index (χ1) is 7.78. The molecule has 0 saturated carbocycles. The van der Waals surface area contributed by atoms with Crippen LogP contribution in [0.4, 0.5) is 17.6 Å². The van der Waals surface area contributed by atoms with E-state index in [-0.39, 0.29) is 0 Å². The van der Waals surface area contributed by atoms with Gasteiger partial charge in [0.05, 0.1) is 6.42 Å². The number of aliphatic hydroxyl groups is 1. The molecule has 1 heterocycles. The van der Waals surface area contributed by atoms with Crippen LogP contribution in [0.5, 0.6) is 0 Å². The zero-order valence-corrected chi connectivity index (χ0v) is 10.6. The number of alkyl halides is 4. The predicted molar refractivity (Wildman–Crippen MR) is 54.5 cm³/mol. The second-order valence-corrected chi connectivity index (χ2v) is 5.69. The molecule has 1 aliphatic heterocycles. The lowest BCUT2D eigenvalue weighted by molar-refractivity contribution is -0.358. The molecule has 3 nitrogen and oxygen atoms in total. The Morgan fingerprint density at radius 3 is 2.06 bits per heavy atom. The van der Waals surface area contributed by atoms with Crippen molar-refractivity contribution in [3.63, 3.8) is 0 Å². The average Bonchev–Trinajstić information content (AvgIpc) is 2.38. The maximum absolute atomic E-state index is 13.3. The van der Waals surface area contributed by atoms with E-state index >= 15 is 0 Å². The Labute approximate surface area is 102 Å². The van der Waals surface area contributed by atoms with Gasteiger partial charge in [-0.05, 0) is 12.3 Å². The summed E-state index contributed by atoms with van der Waals surface area (Å²) in [7, 11) is 0. The van der Waals surface area contributed by atoms with Crippen molar-refractivity contribution in [1.82, 2.24) is 0 Å². The standard InChI is InChI=1S/C11H16F4O3/c1-8(2,3)9(4)6(16)5-10(17,18-9)11(14,15)7(12)13/h7,17H,5H2,1-4H3/t9-,10-/m0/s1. The molecule has 0 aromatic rings. The summed E-state index contributed by atoms with van der Waals surface area (Å²) >= 11 is 0. The minimum atomic E-state index is -4.80. The van der Waals surface area contributed by atoms with Gasteiger partial charge in [-0.2, -0.15) is 8.78 Å². The van der Waals surface area contributed by atoms with Crippen molar-refractivity contribution in [1.29, 1.82) is 0 Å². The summed E-state index contributed by atoms with van der Waals surface area (Å²) in [5.74, 6) is -9.08. The van der Waals surface area contributed by atoms with Crippen molar-refractivity contribution in [3.8, 4) is 0 Å². The molecule has 0 unspecified atom stereocenters. The van der Waals surface area contributed by atoms with Crippen LogP contribution in [-0.4, -0.2) is 34.6 Å². The molecular weight excluding hydrogens is 256 g/mol. The van der Waals surface area contributed by atoms with Gasteiger partial charge in [-0.25, -0.2) is 8.78 Å². The van der Waals surface area contributed by atoms with E-state index < -0.39 is 41.4 Å². The fourth-order valence-corrected chi connectivity index (χ4v) is 1.74. The quantitative estimate of drug-likeness (QED) is 0.785. The molecule has 0 radical (unpaired) electrons. The maximum Gasteiger partial charge on any atom is 0.360 e. The van der Waals surface area contributed by atoms with Gasteiger partial charge < -0.3 is 9.84 Å². The van der Waals surface area contributed by atoms with Crippen LogP contribution in [0.3, 0.4) is 0 Å². The highest BCUT2D eigenvalue weighted by Crippen LogP contribution is 2.51. The van der Waals surface area contributed by atoms with Gasteiger partial charge in [0.15, 0.2) is 5.78 Å². The Morgan fingerprint density at radius 2 is 1.78 bits per heavy atom. The molecule has 0 amide bonds. The number of ether oxygens (including phenoxy) is 1. The fourth-order valence-electron chi connectivity index (χ4n) is 1.74. The maximum atomic E-state index is 13.3. The Kier molecular flexibility index (Phi) is 3.33. The zero-order chi connectivity index (χ0) is 14.6. The summed E-state index contributed by atoms with van der Waals surface area (Å²) in [6.07, 6.45) is -5.27. The van der Waals surface area contributed by atoms with Gasteiger partial charge in [0.1, 0.15) is 5.60 Å². The van der Waals surface area contributed by atoms with Crippen LogP contribution in [0.1, 0.15) is 34.1 Å². The van der Waals surface area contributed by atoms with Crippen molar-refractivity contribution < 1.29 is 32.2 Å². The molecule has 1 aliphatic rings. The van der Waals surface area contributed by atoms with Crippen LogP contribution in [0.2, 0.25) is 0 Å². The number of Topliss-reactive ketones (excluding diaryl/α,β-unsaturated/α-hetero) is 1. The molecule has 2 atom stereocenters. The molecule has 0 aromatic heterocycles. The highest BCUT2D eigenvalue weighted by atomic mass is 19.3. The minimum Gasteiger partial charge on any atom is -0.360 e. The Morgan fingerprint density at radius 1 is 1.33 bits per heavy atom. The van der Waals surface area contributed by atoms with Crippen LogP contribution in [0.25, 0.3) is 0 Å². The number of rotatable bonds is 2. The second kappa shape index (κ2) is 3.90. The van der Waals surface area contributed by atoms with Gasteiger partial charge >= 0.3 is 12.3 Å². The summed E-state index contributed by atoms with van der Waals surface area (Å²) in [6, 6.07) is 0. The Bertz CT molecular complexity index is 364. The van der Waals surface area contributed by atoms with Gasteiger partial charge in [0.25, 0.3) is 0 Å². The average molecular weight is 272 g/mol.